The van der Waals surface area contributed by atoms with Gasteiger partial charge in [-0.25, -0.2) is 0 Å². The first-order chi connectivity index (χ1) is 8.06. The van der Waals surface area contributed by atoms with Crippen LogP contribution in [0.25, 0.3) is 10.8 Å². The summed E-state index contributed by atoms with van der Waals surface area (Å²) >= 11 is 11.1. The highest BCUT2D eigenvalue weighted by atomic mass is 35.7. The fourth-order valence-corrected chi connectivity index (χ4v) is 2.43. The van der Waals surface area contributed by atoms with Gasteiger partial charge >= 0.3 is 0 Å². The van der Waals surface area contributed by atoms with Crippen molar-refractivity contribution in [2.45, 2.75) is 13.8 Å². The van der Waals surface area contributed by atoms with Crippen molar-refractivity contribution in [3.63, 3.8) is 0 Å². The minimum absolute atomic E-state index is 0.772. The standard InChI is InChI=1S/C11H10ClOPS.C2H6/c1-14(12,15)13-11-8-4-6-9-5-2-3-7-10(9)11;1-2/h2-8H,1H3;1-2H3. The monoisotopic (exact) mass is 286 g/mol. The quantitative estimate of drug-likeness (QED) is 0.681. The van der Waals surface area contributed by atoms with E-state index in [2.05, 4.69) is 0 Å². The lowest BCUT2D eigenvalue weighted by molar-refractivity contribution is 0.636. The Bertz CT molecular complexity index is 530. The molecule has 2 aromatic rings. The van der Waals surface area contributed by atoms with Crippen molar-refractivity contribution in [1.82, 2.24) is 0 Å². The Labute approximate surface area is 113 Å². The SMILES string of the molecule is CC.CP(=S)(Cl)Oc1cccc2ccccc12. The zero-order valence-corrected chi connectivity index (χ0v) is 12.6. The van der Waals surface area contributed by atoms with E-state index < -0.39 is 5.62 Å². The predicted molar refractivity (Wildman–Crippen MR) is 82.0 cm³/mol. The molecule has 0 N–H and O–H groups in total. The molecule has 0 aliphatic rings. The molecule has 0 aromatic heterocycles. The number of rotatable bonds is 2. The number of halogens is 1. The van der Waals surface area contributed by atoms with Crippen LogP contribution in [0.2, 0.25) is 0 Å². The van der Waals surface area contributed by atoms with Crippen molar-refractivity contribution in [2.75, 3.05) is 6.66 Å². The predicted octanol–water partition coefficient (Wildman–Crippen LogP) is 5.42. The van der Waals surface area contributed by atoms with Gasteiger partial charge in [0.2, 0.25) is 0 Å². The van der Waals surface area contributed by atoms with Gasteiger partial charge in [-0.15, -0.1) is 0 Å². The molecule has 0 spiro atoms. The minimum Gasteiger partial charge on any atom is -0.452 e. The molecule has 0 radical (unpaired) electrons. The Morgan fingerprint density at radius 3 is 2.29 bits per heavy atom. The van der Waals surface area contributed by atoms with Crippen molar-refractivity contribution < 1.29 is 4.52 Å². The summed E-state index contributed by atoms with van der Waals surface area (Å²) in [5.74, 6) is 0.772. The molecular formula is C13H16ClOPS. The summed E-state index contributed by atoms with van der Waals surface area (Å²) in [7, 11) is 0. The highest BCUT2D eigenvalue weighted by Gasteiger charge is 2.09. The van der Waals surface area contributed by atoms with Gasteiger partial charge in [-0.2, -0.15) is 0 Å². The van der Waals surface area contributed by atoms with Crippen LogP contribution in [0.3, 0.4) is 0 Å². The molecule has 1 nitrogen and oxygen atoms in total. The van der Waals surface area contributed by atoms with Gasteiger partial charge in [-0.3, -0.25) is 0 Å². The molecule has 4 heteroatoms. The zero-order chi connectivity index (χ0) is 12.9. The highest BCUT2D eigenvalue weighted by Crippen LogP contribution is 2.49. The third-order valence-corrected chi connectivity index (χ3v) is 2.96. The van der Waals surface area contributed by atoms with E-state index in [9.17, 15) is 0 Å². The smallest absolute Gasteiger partial charge is 0.196 e. The molecule has 0 saturated heterocycles. The van der Waals surface area contributed by atoms with Crippen LogP contribution in [0.4, 0.5) is 0 Å². The summed E-state index contributed by atoms with van der Waals surface area (Å²) < 4.78 is 5.61. The van der Waals surface area contributed by atoms with Gasteiger partial charge < -0.3 is 4.52 Å². The van der Waals surface area contributed by atoms with Crippen molar-refractivity contribution in [3.8, 4) is 5.75 Å². The van der Waals surface area contributed by atoms with Crippen molar-refractivity contribution in [1.29, 1.82) is 0 Å². The summed E-state index contributed by atoms with van der Waals surface area (Å²) in [5.41, 5.74) is -2.19. The van der Waals surface area contributed by atoms with Gasteiger partial charge in [0.1, 0.15) is 5.75 Å². The van der Waals surface area contributed by atoms with E-state index in [1.807, 2.05) is 56.3 Å². The van der Waals surface area contributed by atoms with Crippen LogP contribution < -0.4 is 4.52 Å². The third kappa shape index (κ3) is 4.31. The van der Waals surface area contributed by atoms with Gasteiger partial charge in [0.15, 0.2) is 5.62 Å². The number of hydrogen-bond acceptors (Lipinski definition) is 2. The first kappa shape index (κ1) is 14.5. The molecule has 0 heterocycles. The van der Waals surface area contributed by atoms with Crippen molar-refractivity contribution >= 4 is 39.4 Å². The summed E-state index contributed by atoms with van der Waals surface area (Å²) in [6, 6.07) is 13.9. The lowest BCUT2D eigenvalue weighted by Crippen LogP contribution is -1.85. The summed E-state index contributed by atoms with van der Waals surface area (Å²) in [5, 5.41) is 2.19. The lowest BCUT2D eigenvalue weighted by atomic mass is 10.1. The third-order valence-electron chi connectivity index (χ3n) is 2.01. The van der Waals surface area contributed by atoms with E-state index in [1.54, 1.807) is 6.66 Å². The van der Waals surface area contributed by atoms with Crippen molar-refractivity contribution in [3.05, 3.63) is 42.5 Å². The maximum atomic E-state index is 5.97. The van der Waals surface area contributed by atoms with Crippen LogP contribution in [-0.2, 0) is 11.8 Å². The van der Waals surface area contributed by atoms with E-state index in [1.165, 1.54) is 0 Å². The first-order valence-electron chi connectivity index (χ1n) is 5.51. The molecule has 17 heavy (non-hydrogen) atoms. The van der Waals surface area contributed by atoms with Crippen LogP contribution in [0, 0.1) is 0 Å². The minimum atomic E-state index is -2.19. The molecule has 0 saturated carbocycles. The van der Waals surface area contributed by atoms with Crippen LogP contribution >= 0.6 is 16.9 Å². The molecule has 0 aliphatic carbocycles. The second-order valence-corrected chi connectivity index (χ2v) is 9.62. The van der Waals surface area contributed by atoms with E-state index in [0.29, 0.717) is 0 Å². The molecule has 2 aromatic carbocycles. The van der Waals surface area contributed by atoms with Gasteiger partial charge in [-0.1, -0.05) is 50.2 Å². The van der Waals surface area contributed by atoms with Crippen molar-refractivity contribution in [2.24, 2.45) is 0 Å². The fraction of sp³-hybridized carbons (Fsp3) is 0.231. The molecule has 1 unspecified atom stereocenters. The van der Waals surface area contributed by atoms with E-state index >= 15 is 0 Å². The number of fused-ring (bicyclic) bond motifs is 1. The van der Waals surface area contributed by atoms with Gasteiger partial charge in [-0.05, 0) is 34.5 Å². The number of hydrogen-bond donors (Lipinski definition) is 0. The van der Waals surface area contributed by atoms with E-state index in [4.69, 9.17) is 27.6 Å². The van der Waals surface area contributed by atoms with Crippen LogP contribution in [0.1, 0.15) is 13.8 Å². The highest BCUT2D eigenvalue weighted by molar-refractivity contribution is 8.24. The summed E-state index contributed by atoms with van der Waals surface area (Å²) in [6.07, 6.45) is 0. The molecule has 0 bridgehead atoms. The lowest BCUT2D eigenvalue weighted by Gasteiger charge is -2.13. The molecule has 2 rings (SSSR count). The van der Waals surface area contributed by atoms with Crippen LogP contribution in [0.5, 0.6) is 5.75 Å². The summed E-state index contributed by atoms with van der Waals surface area (Å²) in [6.45, 7) is 5.76. The van der Waals surface area contributed by atoms with Gasteiger partial charge in [0.05, 0.1) is 0 Å². The fourth-order valence-electron chi connectivity index (χ4n) is 1.45. The maximum absolute atomic E-state index is 5.97. The largest absolute Gasteiger partial charge is 0.452 e. The number of benzene rings is 2. The summed E-state index contributed by atoms with van der Waals surface area (Å²) in [4.78, 5) is 0. The Hall–Kier alpha value is -0.560. The van der Waals surface area contributed by atoms with Gasteiger partial charge in [0.25, 0.3) is 0 Å². The van der Waals surface area contributed by atoms with Gasteiger partial charge in [0, 0.05) is 12.1 Å². The molecule has 0 amide bonds. The molecule has 0 fully saturated rings. The second kappa shape index (κ2) is 6.39. The van der Waals surface area contributed by atoms with E-state index in [0.717, 1.165) is 16.5 Å². The average Bonchev–Trinajstić information content (AvgIpc) is 2.30. The normalized spacial score (nSPS) is 13.4. The molecule has 92 valence electrons. The van der Waals surface area contributed by atoms with E-state index in [-0.39, 0.29) is 0 Å². The zero-order valence-electron chi connectivity index (χ0n) is 10.2. The van der Waals surface area contributed by atoms with Crippen LogP contribution in [0.15, 0.2) is 42.5 Å². The Morgan fingerprint density at radius 1 is 1.06 bits per heavy atom. The Morgan fingerprint density at radius 2 is 1.65 bits per heavy atom. The second-order valence-electron chi connectivity index (χ2n) is 3.32. The topological polar surface area (TPSA) is 9.23 Å². The Kier molecular flexibility index (Phi) is 5.45. The Balaban J connectivity index is 0.000000686. The first-order valence-corrected chi connectivity index (χ1v) is 9.58. The molecule has 0 aliphatic heterocycles. The average molecular weight is 287 g/mol. The molecular weight excluding hydrogens is 271 g/mol. The van der Waals surface area contributed by atoms with Crippen LogP contribution in [-0.4, -0.2) is 6.66 Å². The molecule has 1 atom stereocenters. The maximum Gasteiger partial charge on any atom is 0.196 e.